The lowest BCUT2D eigenvalue weighted by Crippen LogP contribution is -2.33. The molecule has 2 rings (SSSR count). The highest BCUT2D eigenvalue weighted by Crippen LogP contribution is 2.33. The number of alkyl halides is 2. The molecule has 0 radical (unpaired) electrons. The summed E-state index contributed by atoms with van der Waals surface area (Å²) >= 11 is 5.75. The maximum absolute atomic E-state index is 12.7. The van der Waals surface area contributed by atoms with Gasteiger partial charge in [-0.15, -0.1) is 0 Å². The van der Waals surface area contributed by atoms with Crippen molar-refractivity contribution in [1.29, 1.82) is 0 Å². The maximum atomic E-state index is 12.7. The number of likely N-dealkylation sites (N-methyl/N-ethyl adjacent to an activating group) is 1. The molecule has 0 aliphatic heterocycles. The molecule has 0 atom stereocenters. The molecule has 0 N–H and O–H groups in total. The van der Waals surface area contributed by atoms with Crippen LogP contribution in [0.15, 0.2) is 47.4 Å². The number of carbonyl (C=O) groups excluding carboxylic acids is 1. The monoisotopic (exact) mass is 463 g/mol. The SMILES string of the molecule is CCOc1cccc(COC(=O)CN(C)S(=O)(=O)c2ccc(Cl)cc2)c1OC(F)F. The number of ether oxygens (including phenoxy) is 3. The van der Waals surface area contributed by atoms with Crippen molar-refractivity contribution in [3.8, 4) is 11.5 Å². The molecule has 0 heterocycles. The third kappa shape index (κ3) is 6.28. The molecule has 11 heteroatoms. The quantitative estimate of drug-likeness (QED) is 0.500. The summed E-state index contributed by atoms with van der Waals surface area (Å²) in [6.45, 7) is -2.19. The van der Waals surface area contributed by atoms with Gasteiger partial charge in [0.25, 0.3) is 0 Å². The second-order valence-electron chi connectivity index (χ2n) is 5.93. The van der Waals surface area contributed by atoms with E-state index in [1.807, 2.05) is 0 Å². The number of halogens is 3. The van der Waals surface area contributed by atoms with Crippen molar-refractivity contribution in [2.45, 2.75) is 25.0 Å². The Kier molecular flexibility index (Phi) is 8.39. The van der Waals surface area contributed by atoms with Gasteiger partial charge in [0.1, 0.15) is 13.2 Å². The number of carbonyl (C=O) groups is 1. The van der Waals surface area contributed by atoms with Crippen molar-refractivity contribution in [2.75, 3.05) is 20.2 Å². The Balaban J connectivity index is 2.07. The lowest BCUT2D eigenvalue weighted by atomic mass is 10.2. The van der Waals surface area contributed by atoms with Crippen LogP contribution in [0, 0.1) is 0 Å². The number of hydrogen-bond acceptors (Lipinski definition) is 6. The van der Waals surface area contributed by atoms with Crippen molar-refractivity contribution in [2.24, 2.45) is 0 Å². The Morgan fingerprint density at radius 2 is 1.83 bits per heavy atom. The fourth-order valence-corrected chi connectivity index (χ4v) is 3.67. The first kappa shape index (κ1) is 23.8. The zero-order valence-corrected chi connectivity index (χ0v) is 17.8. The van der Waals surface area contributed by atoms with Crippen molar-refractivity contribution in [3.05, 3.63) is 53.1 Å². The number of nitrogens with zero attached hydrogens (tertiary/aromatic N) is 1. The normalized spacial score (nSPS) is 11.6. The number of para-hydroxylation sites is 1. The van der Waals surface area contributed by atoms with Crippen LogP contribution in [-0.4, -0.2) is 45.5 Å². The first-order chi connectivity index (χ1) is 14.1. The summed E-state index contributed by atoms with van der Waals surface area (Å²) in [6.07, 6.45) is 0. The predicted octanol–water partition coefficient (Wildman–Crippen LogP) is 3.70. The van der Waals surface area contributed by atoms with Crippen LogP contribution in [0.2, 0.25) is 5.02 Å². The molecule has 7 nitrogen and oxygen atoms in total. The van der Waals surface area contributed by atoms with Gasteiger partial charge in [0, 0.05) is 17.6 Å². The number of esters is 1. The summed E-state index contributed by atoms with van der Waals surface area (Å²) < 4.78 is 66.1. The van der Waals surface area contributed by atoms with E-state index in [0.29, 0.717) is 5.02 Å². The molecule has 30 heavy (non-hydrogen) atoms. The average Bonchev–Trinajstić information content (AvgIpc) is 2.68. The van der Waals surface area contributed by atoms with Crippen LogP contribution < -0.4 is 9.47 Å². The van der Waals surface area contributed by atoms with E-state index in [1.165, 1.54) is 49.5 Å². The molecule has 0 aromatic heterocycles. The molecule has 164 valence electrons. The molecule has 2 aromatic rings. The van der Waals surface area contributed by atoms with E-state index in [0.717, 1.165) is 4.31 Å². The first-order valence-electron chi connectivity index (χ1n) is 8.72. The molecular formula is C19H20ClF2NO6S. The molecule has 0 bridgehead atoms. The van der Waals surface area contributed by atoms with Gasteiger partial charge in [0.05, 0.1) is 11.5 Å². The number of rotatable bonds is 10. The number of hydrogen-bond donors (Lipinski definition) is 0. The van der Waals surface area contributed by atoms with E-state index in [-0.39, 0.29) is 28.6 Å². The molecule has 0 fully saturated rings. The smallest absolute Gasteiger partial charge is 0.387 e. The van der Waals surface area contributed by atoms with Crippen molar-refractivity contribution >= 4 is 27.6 Å². The van der Waals surface area contributed by atoms with Crippen LogP contribution in [-0.2, 0) is 26.2 Å². The minimum absolute atomic E-state index is 0.0424. The van der Waals surface area contributed by atoms with Crippen LogP contribution in [0.5, 0.6) is 11.5 Å². The van der Waals surface area contributed by atoms with Gasteiger partial charge in [-0.25, -0.2) is 8.42 Å². The second kappa shape index (κ2) is 10.6. The van der Waals surface area contributed by atoms with Gasteiger partial charge in [-0.3, -0.25) is 4.79 Å². The summed E-state index contributed by atoms with van der Waals surface area (Å²) in [6, 6.07) is 9.86. The van der Waals surface area contributed by atoms with E-state index in [1.54, 1.807) is 6.92 Å². The Labute approximate surface area is 178 Å². The van der Waals surface area contributed by atoms with E-state index >= 15 is 0 Å². The highest BCUT2D eigenvalue weighted by molar-refractivity contribution is 7.89. The van der Waals surface area contributed by atoms with Crippen molar-refractivity contribution in [1.82, 2.24) is 4.31 Å². The molecule has 0 unspecified atom stereocenters. The van der Waals surface area contributed by atoms with Gasteiger partial charge < -0.3 is 14.2 Å². The van der Waals surface area contributed by atoms with Crippen molar-refractivity contribution in [3.63, 3.8) is 0 Å². The second-order valence-corrected chi connectivity index (χ2v) is 8.41. The summed E-state index contributed by atoms with van der Waals surface area (Å²) in [5.74, 6) is -1.04. The average molecular weight is 464 g/mol. The Hall–Kier alpha value is -2.43. The molecule has 0 aliphatic carbocycles. The maximum Gasteiger partial charge on any atom is 0.387 e. The largest absolute Gasteiger partial charge is 0.490 e. The van der Waals surface area contributed by atoms with E-state index in [9.17, 15) is 22.0 Å². The summed E-state index contributed by atoms with van der Waals surface area (Å²) in [5.41, 5.74) is 0.151. The fraction of sp³-hybridized carbons (Fsp3) is 0.316. The van der Waals surface area contributed by atoms with E-state index < -0.39 is 35.8 Å². The Morgan fingerprint density at radius 3 is 2.43 bits per heavy atom. The number of sulfonamides is 1. The molecule has 2 aromatic carbocycles. The molecule has 0 amide bonds. The summed E-state index contributed by atoms with van der Waals surface area (Å²) in [4.78, 5) is 12.1. The van der Waals surface area contributed by atoms with Gasteiger partial charge in [0.15, 0.2) is 11.5 Å². The van der Waals surface area contributed by atoms with Crippen LogP contribution >= 0.6 is 11.6 Å². The highest BCUT2D eigenvalue weighted by atomic mass is 35.5. The minimum Gasteiger partial charge on any atom is -0.490 e. The molecular weight excluding hydrogens is 444 g/mol. The zero-order chi connectivity index (χ0) is 22.3. The van der Waals surface area contributed by atoms with Crippen LogP contribution in [0.1, 0.15) is 12.5 Å². The number of benzene rings is 2. The molecule has 0 aliphatic rings. The summed E-state index contributed by atoms with van der Waals surface area (Å²) in [7, 11) is -2.73. The first-order valence-corrected chi connectivity index (χ1v) is 10.5. The summed E-state index contributed by atoms with van der Waals surface area (Å²) in [5, 5.41) is 0.368. The van der Waals surface area contributed by atoms with E-state index in [2.05, 4.69) is 4.74 Å². The Morgan fingerprint density at radius 1 is 1.17 bits per heavy atom. The van der Waals surface area contributed by atoms with Crippen LogP contribution in [0.4, 0.5) is 8.78 Å². The van der Waals surface area contributed by atoms with Crippen molar-refractivity contribution < 1.29 is 36.2 Å². The van der Waals surface area contributed by atoms with Crippen LogP contribution in [0.25, 0.3) is 0 Å². The van der Waals surface area contributed by atoms with Gasteiger partial charge in [-0.2, -0.15) is 13.1 Å². The predicted molar refractivity (Wildman–Crippen MR) is 105 cm³/mol. The van der Waals surface area contributed by atoms with Gasteiger partial charge in [0.2, 0.25) is 10.0 Å². The zero-order valence-electron chi connectivity index (χ0n) is 16.2. The lowest BCUT2D eigenvalue weighted by molar-refractivity contribution is -0.145. The minimum atomic E-state index is -3.94. The fourth-order valence-electron chi connectivity index (χ4n) is 2.42. The van der Waals surface area contributed by atoms with E-state index in [4.69, 9.17) is 21.1 Å². The Bertz CT molecular complexity index is 969. The third-order valence-electron chi connectivity index (χ3n) is 3.83. The van der Waals surface area contributed by atoms with Gasteiger partial charge in [-0.05, 0) is 37.3 Å². The highest BCUT2D eigenvalue weighted by Gasteiger charge is 2.24. The molecule has 0 spiro atoms. The van der Waals surface area contributed by atoms with Crippen LogP contribution in [0.3, 0.4) is 0 Å². The topological polar surface area (TPSA) is 82.1 Å². The van der Waals surface area contributed by atoms with Gasteiger partial charge in [-0.1, -0.05) is 23.7 Å². The molecule has 0 saturated heterocycles. The standard InChI is InChI=1S/C19H20ClF2NO6S/c1-3-27-16-6-4-5-13(18(16)29-19(21)22)12-28-17(24)11-23(2)30(25,26)15-9-7-14(20)8-10-15/h4-10,19H,3,11-12H2,1-2H3. The lowest BCUT2D eigenvalue weighted by Gasteiger charge is -2.18. The van der Waals surface area contributed by atoms with Gasteiger partial charge >= 0.3 is 12.6 Å². The molecule has 0 saturated carbocycles. The third-order valence-corrected chi connectivity index (χ3v) is 5.90.